The molecule has 0 unspecified atom stereocenters. The maximum absolute atomic E-state index is 13.5. The van der Waals surface area contributed by atoms with Gasteiger partial charge in [0.25, 0.3) is 0 Å². The van der Waals surface area contributed by atoms with Crippen molar-refractivity contribution in [2.75, 3.05) is 20.1 Å². The van der Waals surface area contributed by atoms with Crippen LogP contribution in [0.5, 0.6) is 0 Å². The SMILES string of the molecule is CN=C(NCCc1ccncc1C)NCC(C)(C)c1cccc(F)c1.I. The molecule has 4 nitrogen and oxygen atoms in total. The van der Waals surface area contributed by atoms with Gasteiger partial charge in [0.05, 0.1) is 0 Å². The van der Waals surface area contributed by atoms with Crippen molar-refractivity contribution < 1.29 is 4.39 Å². The fraction of sp³-hybridized carbons (Fsp3) is 0.400. The first-order valence-corrected chi connectivity index (χ1v) is 8.52. The number of rotatable bonds is 6. The third kappa shape index (κ3) is 6.55. The number of guanidine groups is 1. The average Bonchev–Trinajstić information content (AvgIpc) is 2.59. The summed E-state index contributed by atoms with van der Waals surface area (Å²) >= 11 is 0. The number of hydrogen-bond acceptors (Lipinski definition) is 2. The van der Waals surface area contributed by atoms with Crippen molar-refractivity contribution in [1.29, 1.82) is 0 Å². The fourth-order valence-electron chi connectivity index (χ4n) is 2.64. The Labute approximate surface area is 172 Å². The van der Waals surface area contributed by atoms with Gasteiger partial charge in [0, 0.05) is 37.9 Å². The summed E-state index contributed by atoms with van der Waals surface area (Å²) in [6.07, 6.45) is 4.60. The van der Waals surface area contributed by atoms with Crippen molar-refractivity contribution in [3.8, 4) is 0 Å². The van der Waals surface area contributed by atoms with E-state index in [1.165, 1.54) is 17.2 Å². The Hall–Kier alpha value is -1.70. The van der Waals surface area contributed by atoms with E-state index in [1.807, 2.05) is 24.5 Å². The molecule has 142 valence electrons. The quantitative estimate of drug-likeness (QED) is 0.384. The third-order valence-corrected chi connectivity index (χ3v) is 4.35. The van der Waals surface area contributed by atoms with E-state index in [0.717, 1.165) is 24.5 Å². The van der Waals surface area contributed by atoms with E-state index >= 15 is 0 Å². The second kappa shape index (κ2) is 10.4. The van der Waals surface area contributed by atoms with Crippen LogP contribution in [-0.2, 0) is 11.8 Å². The Bertz CT molecular complexity index is 731. The fourth-order valence-corrected chi connectivity index (χ4v) is 2.64. The molecule has 1 aromatic carbocycles. The summed E-state index contributed by atoms with van der Waals surface area (Å²) in [6.45, 7) is 7.68. The Kier molecular flexibility index (Phi) is 8.98. The van der Waals surface area contributed by atoms with Crippen LogP contribution < -0.4 is 10.6 Å². The lowest BCUT2D eigenvalue weighted by molar-refractivity contribution is 0.503. The lowest BCUT2D eigenvalue weighted by Crippen LogP contribution is -2.44. The summed E-state index contributed by atoms with van der Waals surface area (Å²) in [5.74, 6) is 0.539. The number of benzene rings is 1. The smallest absolute Gasteiger partial charge is 0.191 e. The second-order valence-electron chi connectivity index (χ2n) is 6.80. The van der Waals surface area contributed by atoms with Crippen LogP contribution in [0.4, 0.5) is 4.39 Å². The molecule has 0 saturated heterocycles. The number of pyridine rings is 1. The number of aliphatic imine (C=N–C) groups is 1. The molecule has 0 fully saturated rings. The van der Waals surface area contributed by atoms with Crippen molar-refractivity contribution in [3.63, 3.8) is 0 Å². The van der Waals surface area contributed by atoms with Gasteiger partial charge in [0.2, 0.25) is 0 Å². The highest BCUT2D eigenvalue weighted by Gasteiger charge is 2.21. The van der Waals surface area contributed by atoms with E-state index in [0.29, 0.717) is 6.54 Å². The van der Waals surface area contributed by atoms with Crippen LogP contribution in [0.25, 0.3) is 0 Å². The first-order valence-electron chi connectivity index (χ1n) is 8.52. The van der Waals surface area contributed by atoms with Gasteiger partial charge >= 0.3 is 0 Å². The van der Waals surface area contributed by atoms with Gasteiger partial charge in [-0.05, 0) is 48.2 Å². The molecule has 1 aromatic heterocycles. The van der Waals surface area contributed by atoms with Crippen LogP contribution in [0, 0.1) is 12.7 Å². The van der Waals surface area contributed by atoms with Crippen LogP contribution in [0.3, 0.4) is 0 Å². The van der Waals surface area contributed by atoms with Gasteiger partial charge in [-0.1, -0.05) is 26.0 Å². The van der Waals surface area contributed by atoms with Crippen LogP contribution >= 0.6 is 24.0 Å². The van der Waals surface area contributed by atoms with Crippen LogP contribution in [-0.4, -0.2) is 31.1 Å². The molecule has 0 amide bonds. The Morgan fingerprint density at radius 1 is 1.23 bits per heavy atom. The zero-order chi connectivity index (χ0) is 18.3. The highest BCUT2D eigenvalue weighted by atomic mass is 127. The van der Waals surface area contributed by atoms with Gasteiger partial charge in [-0.2, -0.15) is 0 Å². The average molecular weight is 470 g/mol. The predicted octanol–water partition coefficient (Wildman–Crippen LogP) is 3.83. The molecule has 1 heterocycles. The highest BCUT2D eigenvalue weighted by Crippen LogP contribution is 2.22. The van der Waals surface area contributed by atoms with Crippen molar-refractivity contribution in [1.82, 2.24) is 15.6 Å². The van der Waals surface area contributed by atoms with Gasteiger partial charge in [-0.15, -0.1) is 24.0 Å². The monoisotopic (exact) mass is 470 g/mol. The molecular weight excluding hydrogens is 442 g/mol. The van der Waals surface area contributed by atoms with Gasteiger partial charge in [0.15, 0.2) is 5.96 Å². The molecule has 2 aromatic rings. The van der Waals surface area contributed by atoms with E-state index in [4.69, 9.17) is 0 Å². The Morgan fingerprint density at radius 3 is 2.65 bits per heavy atom. The standard InChI is InChI=1S/C20H27FN4.HI/c1-15-13-23-10-8-16(15)9-11-24-19(22-4)25-14-20(2,3)17-6-5-7-18(21)12-17;/h5-8,10,12-13H,9,11,14H2,1-4H3,(H2,22,24,25);1H. The molecule has 0 saturated carbocycles. The lowest BCUT2D eigenvalue weighted by atomic mass is 9.84. The normalized spacial score (nSPS) is 11.7. The largest absolute Gasteiger partial charge is 0.356 e. The number of aryl methyl sites for hydroxylation is 1. The van der Waals surface area contributed by atoms with Crippen LogP contribution in [0.2, 0.25) is 0 Å². The van der Waals surface area contributed by atoms with E-state index in [-0.39, 0.29) is 35.2 Å². The minimum Gasteiger partial charge on any atom is -0.356 e. The molecule has 0 aliphatic rings. The minimum atomic E-state index is -0.208. The summed E-state index contributed by atoms with van der Waals surface area (Å²) in [5, 5.41) is 6.66. The lowest BCUT2D eigenvalue weighted by Gasteiger charge is -2.27. The summed E-state index contributed by atoms with van der Waals surface area (Å²) in [6, 6.07) is 8.79. The van der Waals surface area contributed by atoms with Gasteiger partial charge in [0.1, 0.15) is 5.82 Å². The molecule has 0 spiro atoms. The zero-order valence-corrected chi connectivity index (χ0v) is 18.2. The molecule has 0 aliphatic carbocycles. The van der Waals surface area contributed by atoms with Gasteiger partial charge in [-0.3, -0.25) is 9.98 Å². The number of nitrogens with one attached hydrogen (secondary N) is 2. The number of aromatic nitrogens is 1. The van der Waals surface area contributed by atoms with E-state index in [2.05, 4.69) is 41.4 Å². The summed E-state index contributed by atoms with van der Waals surface area (Å²) in [7, 11) is 1.75. The first-order chi connectivity index (χ1) is 11.9. The Morgan fingerprint density at radius 2 is 2.00 bits per heavy atom. The number of halogens is 2. The van der Waals surface area contributed by atoms with Crippen molar-refractivity contribution in [2.24, 2.45) is 4.99 Å². The summed E-state index contributed by atoms with van der Waals surface area (Å²) in [5.41, 5.74) is 3.22. The van der Waals surface area contributed by atoms with Gasteiger partial charge < -0.3 is 10.6 Å². The Balaban J connectivity index is 0.00000338. The van der Waals surface area contributed by atoms with Crippen molar-refractivity contribution in [2.45, 2.75) is 32.6 Å². The maximum atomic E-state index is 13.5. The topological polar surface area (TPSA) is 49.3 Å². The van der Waals surface area contributed by atoms with Crippen molar-refractivity contribution in [3.05, 3.63) is 65.2 Å². The van der Waals surface area contributed by atoms with E-state index in [9.17, 15) is 4.39 Å². The van der Waals surface area contributed by atoms with E-state index in [1.54, 1.807) is 19.2 Å². The second-order valence-corrected chi connectivity index (χ2v) is 6.80. The number of nitrogens with zero attached hydrogens (tertiary/aromatic N) is 2. The van der Waals surface area contributed by atoms with Gasteiger partial charge in [-0.25, -0.2) is 4.39 Å². The van der Waals surface area contributed by atoms with Crippen LogP contribution in [0.1, 0.15) is 30.5 Å². The molecule has 0 radical (unpaired) electrons. The molecule has 0 aliphatic heterocycles. The molecule has 0 bridgehead atoms. The molecular formula is C20H28FIN4. The molecule has 0 atom stereocenters. The maximum Gasteiger partial charge on any atom is 0.191 e. The molecule has 26 heavy (non-hydrogen) atoms. The minimum absolute atomic E-state index is 0. The number of hydrogen-bond donors (Lipinski definition) is 2. The molecule has 6 heteroatoms. The van der Waals surface area contributed by atoms with Crippen molar-refractivity contribution >= 4 is 29.9 Å². The molecule has 2 rings (SSSR count). The highest BCUT2D eigenvalue weighted by molar-refractivity contribution is 14.0. The predicted molar refractivity (Wildman–Crippen MR) is 117 cm³/mol. The zero-order valence-electron chi connectivity index (χ0n) is 15.8. The summed E-state index contributed by atoms with van der Waals surface area (Å²) < 4.78 is 13.5. The third-order valence-electron chi connectivity index (χ3n) is 4.35. The molecule has 2 N–H and O–H groups in total. The first kappa shape index (κ1) is 22.3. The summed E-state index contributed by atoms with van der Waals surface area (Å²) in [4.78, 5) is 8.38. The van der Waals surface area contributed by atoms with Crippen LogP contribution in [0.15, 0.2) is 47.7 Å². The van der Waals surface area contributed by atoms with E-state index < -0.39 is 0 Å².